The molecule has 3 aromatic rings. The van der Waals surface area contributed by atoms with Crippen molar-refractivity contribution in [2.24, 2.45) is 0 Å². The molecule has 0 spiro atoms. The Labute approximate surface area is 189 Å². The first-order valence-corrected chi connectivity index (χ1v) is 11.0. The number of pyridine rings is 1. The molecule has 1 atom stereocenters. The van der Waals surface area contributed by atoms with Crippen LogP contribution in [0.2, 0.25) is 0 Å². The minimum absolute atomic E-state index is 0.0582. The second kappa shape index (κ2) is 10.3. The van der Waals surface area contributed by atoms with E-state index in [-0.39, 0.29) is 36.0 Å². The Balaban J connectivity index is 1.82. The van der Waals surface area contributed by atoms with Gasteiger partial charge in [0.2, 0.25) is 11.8 Å². The zero-order valence-electron chi connectivity index (χ0n) is 18.3. The first-order valence-electron chi connectivity index (χ1n) is 10.2. The van der Waals surface area contributed by atoms with E-state index in [1.165, 1.54) is 18.7 Å². The number of benzene rings is 1. The summed E-state index contributed by atoms with van der Waals surface area (Å²) in [6, 6.07) is 11.5. The number of aromatic nitrogens is 1. The molecule has 32 heavy (non-hydrogen) atoms. The molecule has 9 heteroatoms. The lowest BCUT2D eigenvalue weighted by Crippen LogP contribution is -2.24. The van der Waals surface area contributed by atoms with Crippen LogP contribution in [-0.2, 0) is 14.3 Å². The van der Waals surface area contributed by atoms with E-state index in [2.05, 4.69) is 10.3 Å². The number of carbonyl (C=O) groups excluding carboxylic acids is 3. The summed E-state index contributed by atoms with van der Waals surface area (Å²) in [5.74, 6) is -1.91. The molecule has 8 nitrogen and oxygen atoms in total. The molecule has 0 fully saturated rings. The Kier molecular flexibility index (Phi) is 7.53. The number of hydrogen-bond acceptors (Lipinski definition) is 8. The number of thioether (sulfide) groups is 1. The molecule has 0 aliphatic carbocycles. The van der Waals surface area contributed by atoms with E-state index in [9.17, 15) is 14.4 Å². The van der Waals surface area contributed by atoms with Crippen LogP contribution in [0.15, 0.2) is 45.8 Å². The number of aryl methyl sites for hydroxylation is 1. The van der Waals surface area contributed by atoms with Crippen molar-refractivity contribution in [2.45, 2.75) is 38.0 Å². The SMILES string of the molecule is CCOC(=O)c1c(C)oc(NC(=O)C(C)Sc2ccc3ccccc3n2)c1C(=O)OCC. The molecular formula is C23H24N2O6S. The van der Waals surface area contributed by atoms with Crippen molar-refractivity contribution in [2.75, 3.05) is 18.5 Å². The van der Waals surface area contributed by atoms with Gasteiger partial charge in [0, 0.05) is 5.39 Å². The van der Waals surface area contributed by atoms with Crippen molar-refractivity contribution in [3.8, 4) is 0 Å². The summed E-state index contributed by atoms with van der Waals surface area (Å²) in [6.07, 6.45) is 0. The van der Waals surface area contributed by atoms with Gasteiger partial charge in [0.05, 0.1) is 29.0 Å². The number of anilines is 1. The number of amides is 1. The van der Waals surface area contributed by atoms with Crippen molar-refractivity contribution in [1.82, 2.24) is 4.98 Å². The number of hydrogen-bond donors (Lipinski definition) is 1. The second-order valence-electron chi connectivity index (χ2n) is 6.77. The van der Waals surface area contributed by atoms with Crippen LogP contribution in [0.5, 0.6) is 0 Å². The fraction of sp³-hybridized carbons (Fsp3) is 0.304. The number of esters is 2. The largest absolute Gasteiger partial charge is 0.462 e. The Morgan fingerprint density at radius 1 is 1.03 bits per heavy atom. The van der Waals surface area contributed by atoms with Gasteiger partial charge in [-0.25, -0.2) is 14.6 Å². The van der Waals surface area contributed by atoms with Crippen molar-refractivity contribution in [3.63, 3.8) is 0 Å². The van der Waals surface area contributed by atoms with Gasteiger partial charge in [0.15, 0.2) is 0 Å². The average Bonchev–Trinajstić information content (AvgIpc) is 3.09. The number of para-hydroxylation sites is 1. The van der Waals surface area contributed by atoms with Gasteiger partial charge in [-0.05, 0) is 39.8 Å². The Bertz CT molecular complexity index is 1160. The standard InChI is InChI=1S/C23H24N2O6S/c1-5-29-22(27)18-13(3)31-21(19(18)23(28)30-6-2)25-20(26)14(4)32-17-12-11-15-9-7-8-10-16(15)24-17/h7-12,14H,5-6H2,1-4H3,(H,25,26). The maximum Gasteiger partial charge on any atom is 0.344 e. The van der Waals surface area contributed by atoms with Crippen LogP contribution in [0, 0.1) is 6.92 Å². The summed E-state index contributed by atoms with van der Waals surface area (Å²) in [4.78, 5) is 42.3. The number of rotatable bonds is 8. The molecule has 1 amide bonds. The van der Waals surface area contributed by atoms with Crippen LogP contribution in [-0.4, -0.2) is 41.3 Å². The molecule has 0 aliphatic heterocycles. The Hall–Kier alpha value is -3.33. The monoisotopic (exact) mass is 456 g/mol. The summed E-state index contributed by atoms with van der Waals surface area (Å²) in [6.45, 7) is 6.74. The fourth-order valence-corrected chi connectivity index (χ4v) is 3.87. The third kappa shape index (κ3) is 5.11. The Morgan fingerprint density at radius 3 is 2.38 bits per heavy atom. The molecule has 2 heterocycles. The van der Waals surface area contributed by atoms with Crippen molar-refractivity contribution in [3.05, 3.63) is 53.3 Å². The van der Waals surface area contributed by atoms with E-state index in [0.29, 0.717) is 5.03 Å². The third-order valence-corrected chi connectivity index (χ3v) is 5.56. The zero-order chi connectivity index (χ0) is 23.3. The summed E-state index contributed by atoms with van der Waals surface area (Å²) in [5, 5.41) is 3.73. The number of nitrogens with zero attached hydrogens (tertiary/aromatic N) is 1. The number of nitrogens with one attached hydrogen (secondary N) is 1. The van der Waals surface area contributed by atoms with Crippen molar-refractivity contribution in [1.29, 1.82) is 0 Å². The fourth-order valence-electron chi connectivity index (χ4n) is 3.04. The highest BCUT2D eigenvalue weighted by molar-refractivity contribution is 8.00. The highest BCUT2D eigenvalue weighted by atomic mass is 32.2. The average molecular weight is 457 g/mol. The zero-order valence-corrected chi connectivity index (χ0v) is 19.1. The first kappa shape index (κ1) is 23.3. The van der Waals surface area contributed by atoms with Crippen LogP contribution in [0.25, 0.3) is 10.9 Å². The van der Waals surface area contributed by atoms with Crippen molar-refractivity contribution < 1.29 is 28.3 Å². The molecular weight excluding hydrogens is 432 g/mol. The maximum absolute atomic E-state index is 12.8. The topological polar surface area (TPSA) is 108 Å². The number of fused-ring (bicyclic) bond motifs is 1. The van der Waals surface area contributed by atoms with Gasteiger partial charge in [-0.3, -0.25) is 10.1 Å². The summed E-state index contributed by atoms with van der Waals surface area (Å²) < 4.78 is 15.6. The summed E-state index contributed by atoms with van der Waals surface area (Å²) in [7, 11) is 0. The normalized spacial score (nSPS) is 11.8. The highest BCUT2D eigenvalue weighted by Crippen LogP contribution is 2.30. The number of carbonyl (C=O) groups is 3. The molecule has 0 radical (unpaired) electrons. The molecule has 1 N–H and O–H groups in total. The van der Waals surface area contributed by atoms with Gasteiger partial charge in [-0.1, -0.05) is 36.0 Å². The van der Waals surface area contributed by atoms with E-state index < -0.39 is 23.1 Å². The van der Waals surface area contributed by atoms with Gasteiger partial charge in [0.25, 0.3) is 0 Å². The quantitative estimate of drug-likeness (QED) is 0.387. The second-order valence-corrected chi connectivity index (χ2v) is 8.13. The highest BCUT2D eigenvalue weighted by Gasteiger charge is 2.32. The lowest BCUT2D eigenvalue weighted by Gasteiger charge is -2.12. The van der Waals surface area contributed by atoms with Gasteiger partial charge >= 0.3 is 11.9 Å². The number of ether oxygens (including phenoxy) is 2. The molecule has 3 rings (SSSR count). The molecule has 0 saturated carbocycles. The van der Waals surface area contributed by atoms with Crippen LogP contribution < -0.4 is 5.32 Å². The lowest BCUT2D eigenvalue weighted by atomic mass is 10.1. The maximum atomic E-state index is 12.8. The van der Waals surface area contributed by atoms with Crippen molar-refractivity contribution >= 4 is 46.4 Å². The molecule has 2 aromatic heterocycles. The smallest absolute Gasteiger partial charge is 0.344 e. The number of furan rings is 1. The molecule has 1 aromatic carbocycles. The predicted molar refractivity (Wildman–Crippen MR) is 121 cm³/mol. The third-order valence-electron chi connectivity index (χ3n) is 4.52. The van der Waals surface area contributed by atoms with E-state index >= 15 is 0 Å². The van der Waals surface area contributed by atoms with Crippen LogP contribution in [0.3, 0.4) is 0 Å². The molecule has 0 bridgehead atoms. The van der Waals surface area contributed by atoms with E-state index in [0.717, 1.165) is 10.9 Å². The van der Waals surface area contributed by atoms with Crippen LogP contribution >= 0.6 is 11.8 Å². The van der Waals surface area contributed by atoms with E-state index in [1.807, 2.05) is 36.4 Å². The predicted octanol–water partition coefficient (Wildman–Crippen LogP) is 4.61. The minimum Gasteiger partial charge on any atom is -0.462 e. The van der Waals surface area contributed by atoms with E-state index in [4.69, 9.17) is 13.9 Å². The summed E-state index contributed by atoms with van der Waals surface area (Å²) >= 11 is 1.26. The molecule has 0 aliphatic rings. The van der Waals surface area contributed by atoms with Gasteiger partial charge in [0.1, 0.15) is 16.9 Å². The van der Waals surface area contributed by atoms with Crippen LogP contribution in [0.1, 0.15) is 47.2 Å². The minimum atomic E-state index is -0.779. The van der Waals surface area contributed by atoms with Gasteiger partial charge in [-0.15, -0.1) is 0 Å². The first-order chi connectivity index (χ1) is 15.3. The summed E-state index contributed by atoms with van der Waals surface area (Å²) in [5.41, 5.74) is 0.615. The molecule has 168 valence electrons. The van der Waals surface area contributed by atoms with Gasteiger partial charge in [-0.2, -0.15) is 0 Å². The van der Waals surface area contributed by atoms with E-state index in [1.54, 1.807) is 20.8 Å². The van der Waals surface area contributed by atoms with Gasteiger partial charge < -0.3 is 13.9 Å². The van der Waals surface area contributed by atoms with Crippen LogP contribution in [0.4, 0.5) is 5.88 Å². The Morgan fingerprint density at radius 2 is 1.69 bits per heavy atom. The lowest BCUT2D eigenvalue weighted by molar-refractivity contribution is -0.115. The molecule has 0 saturated heterocycles. The molecule has 1 unspecified atom stereocenters.